The van der Waals surface area contributed by atoms with Crippen molar-refractivity contribution in [3.63, 3.8) is 0 Å². The Kier molecular flexibility index (Phi) is 7.50. The van der Waals surface area contributed by atoms with Crippen molar-refractivity contribution in [2.24, 2.45) is 5.92 Å². The molecule has 35 heavy (non-hydrogen) atoms. The molecule has 1 heterocycles. The number of nitrogens with zero attached hydrogens (tertiary/aromatic N) is 1. The van der Waals surface area contributed by atoms with Gasteiger partial charge in [-0.05, 0) is 91.5 Å². The quantitative estimate of drug-likeness (QED) is 0.353. The molecule has 0 saturated carbocycles. The van der Waals surface area contributed by atoms with Gasteiger partial charge in [-0.15, -0.1) is 0 Å². The molecule has 2 aromatic carbocycles. The average Bonchev–Trinajstić information content (AvgIpc) is 3.15. The molecule has 1 aromatic heterocycles. The van der Waals surface area contributed by atoms with Crippen LogP contribution in [0.5, 0.6) is 11.6 Å². The standard InChI is InChI=1S/C29H35NO4S/c1-19-14-23-10-11-26(17-25(23)15-19)34-18-24-8-6-9-27(21(24)3)29-20(2)16-28(30-22(29)4)33-12-7-13-35(5,31)32/h6,8-11,16-17,19H,7,12-15,18H2,1-5H3. The molecule has 1 aliphatic rings. The number of aromatic nitrogens is 1. The summed E-state index contributed by atoms with van der Waals surface area (Å²) < 4.78 is 34.6. The second kappa shape index (κ2) is 10.4. The molecule has 0 saturated heterocycles. The first-order valence-electron chi connectivity index (χ1n) is 12.2. The predicted molar refractivity (Wildman–Crippen MR) is 141 cm³/mol. The number of aryl methyl sites for hydroxylation is 2. The van der Waals surface area contributed by atoms with Crippen molar-refractivity contribution in [3.05, 3.63) is 76.0 Å². The molecule has 3 aromatic rings. The third kappa shape index (κ3) is 6.23. The van der Waals surface area contributed by atoms with Crippen LogP contribution in [-0.4, -0.2) is 32.0 Å². The van der Waals surface area contributed by atoms with Gasteiger partial charge < -0.3 is 9.47 Å². The first kappa shape index (κ1) is 25.2. The lowest BCUT2D eigenvalue weighted by Gasteiger charge is -2.17. The van der Waals surface area contributed by atoms with E-state index in [2.05, 4.69) is 62.2 Å². The summed E-state index contributed by atoms with van der Waals surface area (Å²) in [4.78, 5) is 4.65. The Hall–Kier alpha value is -2.86. The van der Waals surface area contributed by atoms with E-state index in [-0.39, 0.29) is 5.75 Å². The van der Waals surface area contributed by atoms with E-state index in [1.54, 1.807) is 0 Å². The lowest BCUT2D eigenvalue weighted by Crippen LogP contribution is -2.09. The van der Waals surface area contributed by atoms with E-state index < -0.39 is 9.84 Å². The fraction of sp³-hybridized carbons (Fsp3) is 0.414. The Morgan fingerprint density at radius 3 is 2.51 bits per heavy atom. The molecular weight excluding hydrogens is 458 g/mol. The van der Waals surface area contributed by atoms with Crippen LogP contribution in [0.15, 0.2) is 42.5 Å². The summed E-state index contributed by atoms with van der Waals surface area (Å²) in [7, 11) is -2.98. The molecular formula is C29H35NO4S. The molecule has 0 N–H and O–H groups in total. The third-order valence-electron chi connectivity index (χ3n) is 6.71. The highest BCUT2D eigenvalue weighted by Gasteiger charge is 2.18. The van der Waals surface area contributed by atoms with Crippen LogP contribution in [0.4, 0.5) is 0 Å². The summed E-state index contributed by atoms with van der Waals surface area (Å²) in [6, 6.07) is 14.7. The van der Waals surface area contributed by atoms with Gasteiger partial charge in [0, 0.05) is 23.6 Å². The van der Waals surface area contributed by atoms with Gasteiger partial charge in [0.05, 0.1) is 12.4 Å². The van der Waals surface area contributed by atoms with Crippen molar-refractivity contribution in [3.8, 4) is 22.8 Å². The smallest absolute Gasteiger partial charge is 0.213 e. The zero-order valence-corrected chi connectivity index (χ0v) is 22.2. The maximum atomic E-state index is 11.3. The van der Waals surface area contributed by atoms with Crippen molar-refractivity contribution in [1.29, 1.82) is 0 Å². The molecule has 0 fully saturated rings. The van der Waals surface area contributed by atoms with Crippen LogP contribution in [0.1, 0.15) is 46.9 Å². The van der Waals surface area contributed by atoms with Crippen molar-refractivity contribution in [2.45, 2.75) is 53.6 Å². The molecule has 0 aliphatic heterocycles. The van der Waals surface area contributed by atoms with Gasteiger partial charge in [0.25, 0.3) is 0 Å². The van der Waals surface area contributed by atoms with Crippen molar-refractivity contribution in [1.82, 2.24) is 4.98 Å². The highest BCUT2D eigenvalue weighted by molar-refractivity contribution is 7.90. The molecule has 5 nitrogen and oxygen atoms in total. The highest BCUT2D eigenvalue weighted by atomic mass is 32.2. The van der Waals surface area contributed by atoms with Crippen molar-refractivity contribution >= 4 is 9.84 Å². The molecule has 0 amide bonds. The van der Waals surface area contributed by atoms with Crippen LogP contribution in [0.25, 0.3) is 11.1 Å². The maximum Gasteiger partial charge on any atom is 0.213 e. The van der Waals surface area contributed by atoms with Crippen molar-refractivity contribution < 1.29 is 17.9 Å². The van der Waals surface area contributed by atoms with Gasteiger partial charge in [-0.25, -0.2) is 13.4 Å². The zero-order chi connectivity index (χ0) is 25.2. The largest absolute Gasteiger partial charge is 0.489 e. The summed E-state index contributed by atoms with van der Waals surface area (Å²) in [5, 5.41) is 0. The molecule has 186 valence electrons. The molecule has 4 rings (SSSR count). The lowest BCUT2D eigenvalue weighted by atomic mass is 9.93. The van der Waals surface area contributed by atoms with Crippen LogP contribution >= 0.6 is 0 Å². The van der Waals surface area contributed by atoms with Gasteiger partial charge in [0.2, 0.25) is 5.88 Å². The summed E-state index contributed by atoms with van der Waals surface area (Å²) >= 11 is 0. The normalized spacial score (nSPS) is 15.2. The van der Waals surface area contributed by atoms with Gasteiger partial charge in [0.1, 0.15) is 22.2 Å². The minimum Gasteiger partial charge on any atom is -0.489 e. The first-order valence-corrected chi connectivity index (χ1v) is 14.3. The second-order valence-electron chi connectivity index (χ2n) is 9.89. The van der Waals surface area contributed by atoms with E-state index in [0.29, 0.717) is 31.4 Å². The number of benzene rings is 2. The van der Waals surface area contributed by atoms with Gasteiger partial charge in [0.15, 0.2) is 0 Å². The molecule has 0 spiro atoms. The number of ether oxygens (including phenoxy) is 2. The number of sulfone groups is 1. The highest BCUT2D eigenvalue weighted by Crippen LogP contribution is 2.34. The Morgan fingerprint density at radius 2 is 1.77 bits per heavy atom. The summed E-state index contributed by atoms with van der Waals surface area (Å²) in [5.41, 5.74) is 9.38. The molecule has 0 bridgehead atoms. The predicted octanol–water partition coefficient (Wildman–Crippen LogP) is 5.80. The average molecular weight is 494 g/mol. The van der Waals surface area contributed by atoms with Crippen LogP contribution < -0.4 is 9.47 Å². The fourth-order valence-corrected chi connectivity index (χ4v) is 5.59. The van der Waals surface area contributed by atoms with E-state index in [1.165, 1.54) is 22.9 Å². The van der Waals surface area contributed by atoms with Gasteiger partial charge in [-0.3, -0.25) is 0 Å². The van der Waals surface area contributed by atoms with E-state index in [4.69, 9.17) is 9.47 Å². The Bertz CT molecular complexity index is 1310. The van der Waals surface area contributed by atoms with Crippen molar-refractivity contribution in [2.75, 3.05) is 18.6 Å². The Balaban J connectivity index is 1.48. The minimum atomic E-state index is -2.98. The lowest BCUT2D eigenvalue weighted by molar-refractivity contribution is 0.304. The van der Waals surface area contributed by atoms with E-state index in [1.807, 2.05) is 13.0 Å². The van der Waals surface area contributed by atoms with Gasteiger partial charge in [-0.1, -0.05) is 31.2 Å². The minimum absolute atomic E-state index is 0.113. The van der Waals surface area contributed by atoms with Crippen LogP contribution in [0.3, 0.4) is 0 Å². The molecule has 1 aliphatic carbocycles. The van der Waals surface area contributed by atoms with E-state index in [9.17, 15) is 8.42 Å². The molecule has 0 radical (unpaired) electrons. The number of pyridine rings is 1. The fourth-order valence-electron chi connectivity index (χ4n) is 4.95. The SMILES string of the molecule is Cc1cc(OCCCS(C)(=O)=O)nc(C)c1-c1cccc(COc2ccc3c(c2)CC(C)C3)c1C. The number of hydrogen-bond acceptors (Lipinski definition) is 5. The zero-order valence-electron chi connectivity index (χ0n) is 21.3. The number of hydrogen-bond donors (Lipinski definition) is 0. The van der Waals surface area contributed by atoms with E-state index in [0.717, 1.165) is 46.5 Å². The number of fused-ring (bicyclic) bond motifs is 1. The van der Waals surface area contributed by atoms with Gasteiger partial charge >= 0.3 is 0 Å². The van der Waals surface area contributed by atoms with E-state index >= 15 is 0 Å². The summed E-state index contributed by atoms with van der Waals surface area (Å²) in [5.74, 6) is 2.28. The molecule has 1 unspecified atom stereocenters. The van der Waals surface area contributed by atoms with Crippen LogP contribution in [-0.2, 0) is 29.3 Å². The molecule has 6 heteroatoms. The maximum absolute atomic E-state index is 11.3. The molecule has 1 atom stereocenters. The van der Waals surface area contributed by atoms with Crippen LogP contribution in [0.2, 0.25) is 0 Å². The summed E-state index contributed by atoms with van der Waals surface area (Å²) in [6.07, 6.45) is 3.98. The number of rotatable bonds is 9. The first-order chi connectivity index (χ1) is 16.6. The monoisotopic (exact) mass is 493 g/mol. The Morgan fingerprint density at radius 1 is 1.00 bits per heavy atom. The van der Waals surface area contributed by atoms with Gasteiger partial charge in [-0.2, -0.15) is 0 Å². The Labute approximate surface area is 209 Å². The summed E-state index contributed by atoms with van der Waals surface area (Å²) in [6.45, 7) is 9.31. The van der Waals surface area contributed by atoms with Crippen LogP contribution in [0, 0.1) is 26.7 Å². The second-order valence-corrected chi connectivity index (χ2v) is 12.2. The third-order valence-corrected chi connectivity index (χ3v) is 7.74. The topological polar surface area (TPSA) is 65.5 Å².